The fraction of sp³-hybridized carbons (Fsp3) is 0.632. The quantitative estimate of drug-likeness (QED) is 0.789. The van der Waals surface area contributed by atoms with Crippen molar-refractivity contribution in [3.8, 4) is 0 Å². The molecule has 6 rings (SSSR count). The van der Waals surface area contributed by atoms with Gasteiger partial charge < -0.3 is 9.80 Å². The maximum Gasteiger partial charge on any atom is 0.254 e. The van der Waals surface area contributed by atoms with E-state index in [-0.39, 0.29) is 12.4 Å². The number of carbonyl (C=O) groups is 1. The molecule has 1 amide bonds. The molecule has 0 N–H and O–H groups in total. The van der Waals surface area contributed by atoms with Crippen molar-refractivity contribution in [1.29, 1.82) is 0 Å². The zero-order chi connectivity index (χ0) is 14.7. The molecule has 3 nitrogen and oxygen atoms in total. The predicted octanol–water partition coefficient (Wildman–Crippen LogP) is 3.08. The topological polar surface area (TPSA) is 23.6 Å². The Balaban J connectivity index is 0.00000135. The van der Waals surface area contributed by atoms with Crippen molar-refractivity contribution in [3.63, 3.8) is 0 Å². The van der Waals surface area contributed by atoms with Crippen LogP contribution in [0.3, 0.4) is 0 Å². The third kappa shape index (κ3) is 2.32. The van der Waals surface area contributed by atoms with Gasteiger partial charge in [-0.15, -0.1) is 12.4 Å². The van der Waals surface area contributed by atoms with Gasteiger partial charge in [0.2, 0.25) is 0 Å². The second-order valence-corrected chi connectivity index (χ2v) is 7.63. The van der Waals surface area contributed by atoms with Gasteiger partial charge in [0.05, 0.1) is 0 Å². The summed E-state index contributed by atoms with van der Waals surface area (Å²) in [6.45, 7) is 4.57. The Bertz CT molecular complexity index is 624. The molecule has 0 radical (unpaired) electrons. The van der Waals surface area contributed by atoms with Crippen LogP contribution in [0.2, 0.25) is 0 Å². The lowest BCUT2D eigenvalue weighted by molar-refractivity contribution is 0.00258. The SMILES string of the molecule is Cl.O=C1c2cccc3c2C(CCC3)CN1C1CN2CCC1CC2. The molecule has 4 aliphatic heterocycles. The van der Waals surface area contributed by atoms with Crippen molar-refractivity contribution in [3.05, 3.63) is 34.9 Å². The number of nitrogens with zero attached hydrogens (tertiary/aromatic N) is 2. The number of hydrogen-bond donors (Lipinski definition) is 0. The van der Waals surface area contributed by atoms with E-state index in [1.54, 1.807) is 0 Å². The number of carbonyl (C=O) groups excluding carboxylic acids is 1. The third-order valence-corrected chi connectivity index (χ3v) is 6.53. The molecule has 4 heteroatoms. The lowest BCUT2D eigenvalue weighted by Gasteiger charge is -2.51. The van der Waals surface area contributed by atoms with E-state index in [1.165, 1.54) is 49.9 Å². The highest BCUT2D eigenvalue weighted by atomic mass is 35.5. The predicted molar refractivity (Wildman–Crippen MR) is 93.4 cm³/mol. The molecule has 0 saturated carbocycles. The Morgan fingerprint density at radius 2 is 1.87 bits per heavy atom. The number of aryl methyl sites for hydroxylation is 1. The van der Waals surface area contributed by atoms with Gasteiger partial charge in [-0.25, -0.2) is 0 Å². The molecular weight excluding hydrogens is 308 g/mol. The van der Waals surface area contributed by atoms with Gasteiger partial charge >= 0.3 is 0 Å². The van der Waals surface area contributed by atoms with E-state index in [4.69, 9.17) is 0 Å². The van der Waals surface area contributed by atoms with Gasteiger partial charge in [-0.3, -0.25) is 4.79 Å². The van der Waals surface area contributed by atoms with Crippen LogP contribution in [0.25, 0.3) is 0 Å². The van der Waals surface area contributed by atoms with Gasteiger partial charge in [-0.1, -0.05) is 12.1 Å². The second kappa shape index (κ2) is 5.78. The first-order valence-corrected chi connectivity index (χ1v) is 8.96. The number of halogens is 1. The van der Waals surface area contributed by atoms with Gasteiger partial charge in [-0.2, -0.15) is 0 Å². The minimum Gasteiger partial charge on any atom is -0.333 e. The van der Waals surface area contributed by atoms with E-state index in [0.29, 0.717) is 17.9 Å². The summed E-state index contributed by atoms with van der Waals surface area (Å²) in [5, 5.41) is 0. The van der Waals surface area contributed by atoms with E-state index in [2.05, 4.69) is 28.0 Å². The van der Waals surface area contributed by atoms with E-state index in [0.717, 1.165) is 31.0 Å². The summed E-state index contributed by atoms with van der Waals surface area (Å²) in [4.78, 5) is 18.0. The molecule has 1 aliphatic carbocycles. The van der Waals surface area contributed by atoms with Crippen molar-refractivity contribution >= 4 is 18.3 Å². The van der Waals surface area contributed by atoms with Crippen LogP contribution in [-0.4, -0.2) is 47.9 Å². The molecule has 1 aromatic carbocycles. The molecule has 124 valence electrons. The lowest BCUT2D eigenvalue weighted by Crippen LogP contribution is -2.60. The molecule has 1 aromatic rings. The average Bonchev–Trinajstić information content (AvgIpc) is 2.59. The van der Waals surface area contributed by atoms with Crippen LogP contribution >= 0.6 is 12.4 Å². The summed E-state index contributed by atoms with van der Waals surface area (Å²) in [5.74, 6) is 1.64. The summed E-state index contributed by atoms with van der Waals surface area (Å²) < 4.78 is 0. The van der Waals surface area contributed by atoms with Gasteiger partial charge in [0.15, 0.2) is 0 Å². The number of piperidine rings is 3. The van der Waals surface area contributed by atoms with E-state index < -0.39 is 0 Å². The van der Waals surface area contributed by atoms with Gasteiger partial charge in [-0.05, 0) is 68.3 Å². The minimum absolute atomic E-state index is 0. The van der Waals surface area contributed by atoms with Crippen LogP contribution in [-0.2, 0) is 6.42 Å². The molecule has 3 fully saturated rings. The van der Waals surface area contributed by atoms with Crippen molar-refractivity contribution < 1.29 is 4.79 Å². The first kappa shape index (κ1) is 15.5. The molecule has 3 saturated heterocycles. The highest BCUT2D eigenvalue weighted by Gasteiger charge is 2.43. The first-order valence-electron chi connectivity index (χ1n) is 8.96. The number of hydrogen-bond acceptors (Lipinski definition) is 2. The summed E-state index contributed by atoms with van der Waals surface area (Å²) in [6.07, 6.45) is 6.27. The molecular formula is C19H25ClN2O. The summed E-state index contributed by atoms with van der Waals surface area (Å²) >= 11 is 0. The van der Waals surface area contributed by atoms with Crippen molar-refractivity contribution in [2.75, 3.05) is 26.2 Å². The van der Waals surface area contributed by atoms with Crippen LogP contribution in [0.4, 0.5) is 0 Å². The zero-order valence-electron chi connectivity index (χ0n) is 13.5. The maximum absolute atomic E-state index is 13.1. The van der Waals surface area contributed by atoms with Gasteiger partial charge in [0.25, 0.3) is 5.91 Å². The number of rotatable bonds is 1. The Morgan fingerprint density at radius 1 is 1.04 bits per heavy atom. The molecule has 0 aromatic heterocycles. The van der Waals surface area contributed by atoms with Gasteiger partial charge in [0.1, 0.15) is 0 Å². The minimum atomic E-state index is 0. The molecule has 5 aliphatic rings. The smallest absolute Gasteiger partial charge is 0.254 e. The second-order valence-electron chi connectivity index (χ2n) is 7.63. The largest absolute Gasteiger partial charge is 0.333 e. The summed E-state index contributed by atoms with van der Waals surface area (Å²) in [5.41, 5.74) is 3.86. The lowest BCUT2D eigenvalue weighted by atomic mass is 9.75. The maximum atomic E-state index is 13.1. The highest BCUT2D eigenvalue weighted by molar-refractivity contribution is 5.98. The molecule has 0 spiro atoms. The normalized spacial score (nSPS) is 34.8. The first-order chi connectivity index (χ1) is 10.8. The molecule has 2 bridgehead atoms. The summed E-state index contributed by atoms with van der Waals surface area (Å²) in [6, 6.07) is 6.87. The van der Waals surface area contributed by atoms with E-state index in [1.807, 2.05) is 0 Å². The van der Waals surface area contributed by atoms with Gasteiger partial charge in [0, 0.05) is 30.6 Å². The Hall–Kier alpha value is -1.06. The van der Waals surface area contributed by atoms with Crippen molar-refractivity contribution in [2.45, 2.75) is 44.1 Å². The monoisotopic (exact) mass is 332 g/mol. The Morgan fingerprint density at radius 3 is 2.61 bits per heavy atom. The average molecular weight is 333 g/mol. The molecule has 4 heterocycles. The van der Waals surface area contributed by atoms with Crippen LogP contribution in [0, 0.1) is 5.92 Å². The van der Waals surface area contributed by atoms with Crippen LogP contribution < -0.4 is 0 Å². The standard InChI is InChI=1S/C19H24N2O.ClH/c22-19-16-6-2-4-14-3-1-5-15(18(14)16)11-21(19)17-12-20-9-7-13(17)8-10-20;/h2,4,6,13,15,17H,1,3,5,7-12H2;1H. The summed E-state index contributed by atoms with van der Waals surface area (Å²) in [7, 11) is 0. The van der Waals surface area contributed by atoms with Crippen molar-refractivity contribution in [2.24, 2.45) is 5.92 Å². The number of amides is 1. The Labute approximate surface area is 144 Å². The van der Waals surface area contributed by atoms with E-state index in [9.17, 15) is 4.79 Å². The fourth-order valence-corrected chi connectivity index (χ4v) is 5.41. The van der Waals surface area contributed by atoms with Crippen LogP contribution in [0.1, 0.15) is 53.1 Å². The highest BCUT2D eigenvalue weighted by Crippen LogP contribution is 2.41. The molecule has 23 heavy (non-hydrogen) atoms. The molecule has 2 atom stereocenters. The molecule has 2 unspecified atom stereocenters. The third-order valence-electron chi connectivity index (χ3n) is 6.53. The zero-order valence-corrected chi connectivity index (χ0v) is 14.4. The number of fused-ring (bicyclic) bond motifs is 3. The van der Waals surface area contributed by atoms with Crippen molar-refractivity contribution in [1.82, 2.24) is 9.80 Å². The number of benzene rings is 1. The Kier molecular flexibility index (Phi) is 3.89. The van der Waals surface area contributed by atoms with E-state index >= 15 is 0 Å². The van der Waals surface area contributed by atoms with Crippen LogP contribution in [0.5, 0.6) is 0 Å². The van der Waals surface area contributed by atoms with Crippen LogP contribution in [0.15, 0.2) is 18.2 Å². The fourth-order valence-electron chi connectivity index (χ4n) is 5.41.